The van der Waals surface area contributed by atoms with Gasteiger partial charge in [0.2, 0.25) is 0 Å². The fraction of sp³-hybridized carbons (Fsp3) is 0.583. The molecule has 0 radical (unpaired) electrons. The molecule has 4 heteroatoms. The van der Waals surface area contributed by atoms with E-state index in [-0.39, 0.29) is 10.8 Å². The summed E-state index contributed by atoms with van der Waals surface area (Å²) >= 11 is 0. The number of carbonyl (C=O) groups is 1. The van der Waals surface area contributed by atoms with Gasteiger partial charge in [0.25, 0.3) is 0 Å². The highest BCUT2D eigenvalue weighted by Crippen LogP contribution is 2.42. The first-order valence-electron chi connectivity index (χ1n) is 9.80. The Hall–Kier alpha value is -2.03. The van der Waals surface area contributed by atoms with Crippen LogP contribution < -0.4 is 9.47 Å². The van der Waals surface area contributed by atoms with Crippen LogP contribution in [0, 0.1) is 5.92 Å². The van der Waals surface area contributed by atoms with E-state index >= 15 is 0 Å². The Kier molecular flexibility index (Phi) is 8.10. The van der Waals surface area contributed by atoms with E-state index in [2.05, 4.69) is 53.9 Å². The average molecular weight is 389 g/mol. The van der Waals surface area contributed by atoms with Crippen molar-refractivity contribution in [2.45, 2.75) is 78.2 Å². The highest BCUT2D eigenvalue weighted by molar-refractivity contribution is 5.77. The number of aliphatic hydroxyl groups is 1. The molecule has 0 aliphatic rings. The molecule has 0 aromatic heterocycles. The third kappa shape index (κ3) is 6.25. The van der Waals surface area contributed by atoms with Crippen molar-refractivity contribution in [3.05, 3.63) is 41.6 Å². The molecule has 0 saturated carbocycles. The molecule has 1 N–H and O–H groups in total. The number of aliphatic hydroxyl groups excluding tert-OH is 1. The third-order valence-electron chi connectivity index (χ3n) is 4.82. The topological polar surface area (TPSA) is 55.8 Å². The fourth-order valence-electron chi connectivity index (χ4n) is 2.90. The van der Waals surface area contributed by atoms with Crippen LogP contribution in [0.15, 0.2) is 30.5 Å². The van der Waals surface area contributed by atoms with E-state index in [1.54, 1.807) is 20.1 Å². The van der Waals surface area contributed by atoms with Crippen molar-refractivity contribution >= 4 is 5.97 Å². The molecule has 0 heterocycles. The molecule has 1 aromatic carbocycles. The van der Waals surface area contributed by atoms with Crippen LogP contribution in [-0.4, -0.2) is 24.3 Å². The molecular weight excluding hydrogens is 352 g/mol. The Bertz CT molecular complexity index is 693. The first kappa shape index (κ1) is 24.0. The summed E-state index contributed by atoms with van der Waals surface area (Å²) < 4.78 is 11.4. The molecule has 2 atom stereocenters. The molecule has 0 aliphatic carbocycles. The van der Waals surface area contributed by atoms with E-state index < -0.39 is 18.0 Å². The minimum Gasteiger partial charge on any atom is -0.497 e. The van der Waals surface area contributed by atoms with Gasteiger partial charge in [-0.2, -0.15) is 0 Å². The van der Waals surface area contributed by atoms with E-state index in [4.69, 9.17) is 9.47 Å². The van der Waals surface area contributed by atoms with Gasteiger partial charge < -0.3 is 14.6 Å². The minimum absolute atomic E-state index is 0.249. The number of hydrogen-bond donors (Lipinski definition) is 1. The minimum atomic E-state index is -0.786. The van der Waals surface area contributed by atoms with Crippen LogP contribution in [0.5, 0.6) is 11.5 Å². The number of carbonyl (C=O) groups excluding carboxylic acids is 1. The van der Waals surface area contributed by atoms with Crippen molar-refractivity contribution in [1.82, 2.24) is 0 Å². The van der Waals surface area contributed by atoms with Gasteiger partial charge in [0, 0.05) is 11.1 Å². The summed E-state index contributed by atoms with van der Waals surface area (Å²) in [6.07, 6.45) is 2.04. The molecule has 0 fully saturated rings. The van der Waals surface area contributed by atoms with Crippen LogP contribution in [0.4, 0.5) is 0 Å². The normalized spacial score (nSPS) is 14.0. The van der Waals surface area contributed by atoms with Crippen molar-refractivity contribution in [3.8, 4) is 11.5 Å². The van der Waals surface area contributed by atoms with Crippen LogP contribution >= 0.6 is 0 Å². The number of benzene rings is 1. The predicted molar refractivity (Wildman–Crippen MR) is 114 cm³/mol. The van der Waals surface area contributed by atoms with Gasteiger partial charge in [-0.1, -0.05) is 48.1 Å². The molecule has 4 nitrogen and oxygen atoms in total. The molecule has 0 bridgehead atoms. The van der Waals surface area contributed by atoms with Gasteiger partial charge in [0.05, 0.1) is 19.1 Å². The average Bonchev–Trinajstić information content (AvgIpc) is 2.59. The van der Waals surface area contributed by atoms with Gasteiger partial charge in [-0.3, -0.25) is 4.79 Å². The monoisotopic (exact) mass is 388 g/mol. The van der Waals surface area contributed by atoms with Crippen molar-refractivity contribution in [1.29, 1.82) is 0 Å². The number of allylic oxidation sites excluding steroid dienone is 1. The summed E-state index contributed by atoms with van der Waals surface area (Å²) in [5, 5.41) is 10.3. The van der Waals surface area contributed by atoms with E-state index in [1.165, 1.54) is 0 Å². The van der Waals surface area contributed by atoms with Crippen LogP contribution in [0.3, 0.4) is 0 Å². The van der Waals surface area contributed by atoms with Gasteiger partial charge in [-0.05, 0) is 48.8 Å². The highest BCUT2D eigenvalue weighted by Gasteiger charge is 2.32. The first-order valence-corrected chi connectivity index (χ1v) is 9.80. The highest BCUT2D eigenvalue weighted by atomic mass is 16.5. The zero-order chi connectivity index (χ0) is 21.7. The van der Waals surface area contributed by atoms with Crippen LogP contribution in [-0.2, 0) is 15.6 Å². The summed E-state index contributed by atoms with van der Waals surface area (Å²) in [6, 6.07) is 3.85. The van der Waals surface area contributed by atoms with Crippen molar-refractivity contribution in [2.24, 2.45) is 5.92 Å². The second-order valence-electron chi connectivity index (χ2n) is 9.31. The number of esters is 1. The molecule has 156 valence electrons. The van der Waals surface area contributed by atoms with Gasteiger partial charge in [-0.15, -0.1) is 5.73 Å². The Morgan fingerprint density at radius 2 is 1.68 bits per heavy atom. The molecule has 2 unspecified atom stereocenters. The molecule has 0 spiro atoms. The van der Waals surface area contributed by atoms with Gasteiger partial charge in [-0.25, -0.2) is 0 Å². The molecular formula is C24H36O4. The van der Waals surface area contributed by atoms with Gasteiger partial charge in [0.1, 0.15) is 11.5 Å². The zero-order valence-electron chi connectivity index (χ0n) is 18.7. The largest absolute Gasteiger partial charge is 0.497 e. The van der Waals surface area contributed by atoms with Gasteiger partial charge >= 0.3 is 5.97 Å². The van der Waals surface area contributed by atoms with Crippen LogP contribution in [0.1, 0.15) is 72.4 Å². The Balaban J connectivity index is 3.34. The molecule has 1 aromatic rings. The number of methoxy groups -OCH3 is 1. The lowest BCUT2D eigenvalue weighted by molar-refractivity contribution is -0.142. The molecule has 0 saturated heterocycles. The number of ether oxygens (including phenoxy) is 2. The first-order chi connectivity index (χ1) is 12.8. The summed E-state index contributed by atoms with van der Waals surface area (Å²) in [4.78, 5) is 12.8. The van der Waals surface area contributed by atoms with Gasteiger partial charge in [0.15, 0.2) is 0 Å². The summed E-state index contributed by atoms with van der Waals surface area (Å²) in [6.45, 7) is 17.7. The van der Waals surface area contributed by atoms with Crippen LogP contribution in [0.25, 0.3) is 0 Å². The number of hydrogen-bond acceptors (Lipinski definition) is 4. The maximum absolute atomic E-state index is 12.8. The van der Waals surface area contributed by atoms with Crippen molar-refractivity contribution in [3.63, 3.8) is 0 Å². The molecule has 1 rings (SSSR count). The summed E-state index contributed by atoms with van der Waals surface area (Å²) in [5.41, 5.74) is 3.99. The molecule has 28 heavy (non-hydrogen) atoms. The quantitative estimate of drug-likeness (QED) is 0.390. The van der Waals surface area contributed by atoms with E-state index in [0.717, 1.165) is 16.9 Å². The Labute approximate surface area is 170 Å². The lowest BCUT2D eigenvalue weighted by Gasteiger charge is -2.30. The predicted octanol–water partition coefficient (Wildman–Crippen LogP) is 5.31. The fourth-order valence-corrected chi connectivity index (χ4v) is 2.90. The third-order valence-corrected chi connectivity index (χ3v) is 4.82. The van der Waals surface area contributed by atoms with E-state index in [1.807, 2.05) is 12.1 Å². The Morgan fingerprint density at radius 3 is 2.07 bits per heavy atom. The zero-order valence-corrected chi connectivity index (χ0v) is 18.7. The number of rotatable bonds is 7. The lowest BCUT2D eigenvalue weighted by atomic mass is 9.79. The summed E-state index contributed by atoms with van der Waals surface area (Å²) in [5.74, 6) is 0.229. The maximum atomic E-state index is 12.8. The van der Waals surface area contributed by atoms with E-state index in [9.17, 15) is 9.90 Å². The van der Waals surface area contributed by atoms with E-state index in [0.29, 0.717) is 18.6 Å². The van der Waals surface area contributed by atoms with Crippen molar-refractivity contribution in [2.75, 3.05) is 7.11 Å². The second-order valence-corrected chi connectivity index (χ2v) is 9.31. The lowest BCUT2D eigenvalue weighted by Crippen LogP contribution is -2.31. The molecule has 0 amide bonds. The SMILES string of the molecule is C=C=CCCC(O)C(C)C(=O)Oc1c(C(C)(C)C)cc(OC)cc1C(C)(C)C. The van der Waals surface area contributed by atoms with Crippen LogP contribution in [0.2, 0.25) is 0 Å². The maximum Gasteiger partial charge on any atom is 0.316 e. The van der Waals surface area contributed by atoms with Crippen molar-refractivity contribution < 1.29 is 19.4 Å². The summed E-state index contributed by atoms with van der Waals surface area (Å²) in [7, 11) is 1.63. The Morgan fingerprint density at radius 1 is 1.18 bits per heavy atom. The second kappa shape index (κ2) is 9.45. The molecule has 0 aliphatic heterocycles. The standard InChI is InChI=1S/C24H36O4/c1-10-11-12-13-20(25)16(2)22(26)28-21-18(23(3,4)5)14-17(27-9)15-19(21)24(6,7)8/h11,14-16,20,25H,1,12-13H2,2-9H3. The smallest absolute Gasteiger partial charge is 0.316 e.